The molecule has 0 aliphatic carbocycles. The Bertz CT molecular complexity index is 875. The normalized spacial score (nSPS) is 10.6. The van der Waals surface area contributed by atoms with Crippen LogP contribution in [0.25, 0.3) is 22.2 Å². The van der Waals surface area contributed by atoms with E-state index in [1.54, 1.807) is 19.2 Å². The molecule has 2 N–H and O–H groups in total. The number of carbonyl (C=O) groups excluding carboxylic acids is 1. The molecule has 22 heavy (non-hydrogen) atoms. The number of hydrogen-bond acceptors (Lipinski definition) is 4. The Labute approximate surface area is 127 Å². The molecule has 0 radical (unpaired) electrons. The van der Waals surface area contributed by atoms with Crippen LogP contribution in [0.5, 0.6) is 5.88 Å². The predicted molar refractivity (Wildman–Crippen MR) is 84.8 cm³/mol. The first kappa shape index (κ1) is 14.0. The maximum absolute atomic E-state index is 11.7. The number of nitrogens with zero attached hydrogens (tertiary/aromatic N) is 2. The summed E-state index contributed by atoms with van der Waals surface area (Å²) in [6, 6.07) is 13.0. The van der Waals surface area contributed by atoms with E-state index in [1.165, 1.54) is 0 Å². The van der Waals surface area contributed by atoms with Crippen molar-refractivity contribution in [2.24, 2.45) is 5.73 Å². The van der Waals surface area contributed by atoms with E-state index in [-0.39, 0.29) is 0 Å². The molecule has 0 atom stereocenters. The number of pyridine rings is 2. The van der Waals surface area contributed by atoms with Gasteiger partial charge in [-0.15, -0.1) is 0 Å². The molecule has 0 aliphatic heterocycles. The summed E-state index contributed by atoms with van der Waals surface area (Å²) in [5, 5.41) is 0.942. The number of hydrogen-bond donors (Lipinski definition) is 1. The van der Waals surface area contributed by atoms with E-state index in [4.69, 9.17) is 10.5 Å². The largest absolute Gasteiger partial charge is 0.480 e. The standard InChI is InChI=1S/C17H15N3O2/c1-10-7-8-12(16(18)21)15(19-10)13-9-11-5-3-4-6-14(11)20-17(13)22-2/h3-9H,1-2H3,(H2,18,21). The molecule has 3 aromatic rings. The minimum Gasteiger partial charge on any atom is -0.480 e. The number of amides is 1. The summed E-state index contributed by atoms with van der Waals surface area (Å²) in [6.45, 7) is 1.86. The fourth-order valence-corrected chi connectivity index (χ4v) is 2.38. The third-order valence-electron chi connectivity index (χ3n) is 3.44. The van der Waals surface area contributed by atoms with Crippen molar-refractivity contribution in [1.29, 1.82) is 0 Å². The lowest BCUT2D eigenvalue weighted by atomic mass is 10.0. The molecule has 1 aromatic carbocycles. The first-order chi connectivity index (χ1) is 10.6. The number of aromatic nitrogens is 2. The van der Waals surface area contributed by atoms with Crippen molar-refractivity contribution in [1.82, 2.24) is 9.97 Å². The second-order valence-electron chi connectivity index (χ2n) is 4.95. The third-order valence-corrected chi connectivity index (χ3v) is 3.44. The molecule has 2 heterocycles. The minimum atomic E-state index is -0.530. The SMILES string of the molecule is COc1nc2ccccc2cc1-c1nc(C)ccc1C(N)=O. The Balaban J connectivity index is 2.34. The van der Waals surface area contributed by atoms with Crippen molar-refractivity contribution in [2.45, 2.75) is 6.92 Å². The molecule has 5 heteroatoms. The van der Waals surface area contributed by atoms with Crippen LogP contribution in [0.15, 0.2) is 42.5 Å². The number of aryl methyl sites for hydroxylation is 1. The lowest BCUT2D eigenvalue weighted by Crippen LogP contribution is -2.14. The van der Waals surface area contributed by atoms with Gasteiger partial charge in [-0.2, -0.15) is 0 Å². The molecular weight excluding hydrogens is 278 g/mol. The summed E-state index contributed by atoms with van der Waals surface area (Å²) in [5.41, 5.74) is 8.56. The lowest BCUT2D eigenvalue weighted by molar-refractivity contribution is 0.100. The molecule has 0 aliphatic rings. The van der Waals surface area contributed by atoms with Gasteiger partial charge in [-0.1, -0.05) is 18.2 Å². The number of carbonyl (C=O) groups is 1. The highest BCUT2D eigenvalue weighted by atomic mass is 16.5. The highest BCUT2D eigenvalue weighted by Crippen LogP contribution is 2.32. The Morgan fingerprint density at radius 3 is 2.64 bits per heavy atom. The van der Waals surface area contributed by atoms with Gasteiger partial charge in [0.2, 0.25) is 5.88 Å². The van der Waals surface area contributed by atoms with E-state index in [2.05, 4.69) is 9.97 Å². The van der Waals surface area contributed by atoms with Crippen molar-refractivity contribution in [3.8, 4) is 17.1 Å². The van der Waals surface area contributed by atoms with E-state index in [0.717, 1.165) is 16.6 Å². The summed E-state index contributed by atoms with van der Waals surface area (Å²) in [7, 11) is 1.54. The number of methoxy groups -OCH3 is 1. The van der Waals surface area contributed by atoms with E-state index < -0.39 is 5.91 Å². The molecule has 0 saturated carbocycles. The van der Waals surface area contributed by atoms with Crippen LogP contribution in [-0.2, 0) is 0 Å². The van der Waals surface area contributed by atoms with Gasteiger partial charge in [0.25, 0.3) is 5.91 Å². The highest BCUT2D eigenvalue weighted by Gasteiger charge is 2.17. The van der Waals surface area contributed by atoms with Gasteiger partial charge in [-0.25, -0.2) is 4.98 Å². The zero-order chi connectivity index (χ0) is 15.7. The average Bonchev–Trinajstić information content (AvgIpc) is 2.53. The van der Waals surface area contributed by atoms with Gasteiger partial charge in [-0.3, -0.25) is 9.78 Å². The summed E-state index contributed by atoms with van der Waals surface area (Å²) in [5.74, 6) is -0.114. The molecule has 0 fully saturated rings. The Morgan fingerprint density at radius 1 is 1.14 bits per heavy atom. The predicted octanol–water partition coefficient (Wildman–Crippen LogP) is 2.71. The van der Waals surface area contributed by atoms with Crippen LogP contribution in [0.1, 0.15) is 16.1 Å². The van der Waals surface area contributed by atoms with Gasteiger partial charge in [0.15, 0.2) is 0 Å². The number of para-hydroxylation sites is 1. The zero-order valence-electron chi connectivity index (χ0n) is 12.3. The Hall–Kier alpha value is -2.95. The van der Waals surface area contributed by atoms with E-state index in [9.17, 15) is 4.79 Å². The van der Waals surface area contributed by atoms with Gasteiger partial charge in [0, 0.05) is 11.1 Å². The first-order valence-corrected chi connectivity index (χ1v) is 6.81. The fraction of sp³-hybridized carbons (Fsp3) is 0.118. The van der Waals surface area contributed by atoms with Crippen LogP contribution in [0.4, 0.5) is 0 Å². The van der Waals surface area contributed by atoms with Gasteiger partial charge < -0.3 is 10.5 Å². The van der Waals surface area contributed by atoms with Crippen LogP contribution in [0.3, 0.4) is 0 Å². The number of fused-ring (bicyclic) bond motifs is 1. The summed E-state index contributed by atoms with van der Waals surface area (Å²) < 4.78 is 5.38. The van der Waals surface area contributed by atoms with Crippen molar-refractivity contribution in [3.05, 3.63) is 53.7 Å². The highest BCUT2D eigenvalue weighted by molar-refractivity contribution is 6.00. The van der Waals surface area contributed by atoms with E-state index in [1.807, 2.05) is 37.3 Å². The second kappa shape index (κ2) is 5.44. The number of benzene rings is 1. The van der Waals surface area contributed by atoms with Crippen molar-refractivity contribution < 1.29 is 9.53 Å². The van der Waals surface area contributed by atoms with Gasteiger partial charge in [0.1, 0.15) is 0 Å². The Kier molecular flexibility index (Phi) is 3.47. The fourth-order valence-electron chi connectivity index (χ4n) is 2.38. The van der Waals surface area contributed by atoms with Crippen LogP contribution < -0.4 is 10.5 Å². The number of ether oxygens (including phenoxy) is 1. The molecule has 3 rings (SSSR count). The molecule has 1 amide bonds. The quantitative estimate of drug-likeness (QED) is 0.805. The van der Waals surface area contributed by atoms with Crippen LogP contribution in [0, 0.1) is 6.92 Å². The molecule has 0 spiro atoms. The zero-order valence-corrected chi connectivity index (χ0v) is 12.3. The molecule has 2 aromatic heterocycles. The maximum atomic E-state index is 11.7. The second-order valence-corrected chi connectivity index (χ2v) is 4.95. The number of primary amides is 1. The van der Waals surface area contributed by atoms with Gasteiger partial charge >= 0.3 is 0 Å². The topological polar surface area (TPSA) is 78.1 Å². The van der Waals surface area contributed by atoms with Crippen LogP contribution in [-0.4, -0.2) is 23.0 Å². The Morgan fingerprint density at radius 2 is 1.91 bits per heavy atom. The van der Waals surface area contributed by atoms with E-state index >= 15 is 0 Å². The molecule has 0 saturated heterocycles. The van der Waals surface area contributed by atoms with Crippen molar-refractivity contribution in [2.75, 3.05) is 7.11 Å². The van der Waals surface area contributed by atoms with E-state index in [0.29, 0.717) is 22.7 Å². The summed E-state index contributed by atoms with van der Waals surface area (Å²) >= 11 is 0. The van der Waals surface area contributed by atoms with Gasteiger partial charge in [0.05, 0.1) is 29.4 Å². The van der Waals surface area contributed by atoms with Gasteiger partial charge in [-0.05, 0) is 31.2 Å². The van der Waals surface area contributed by atoms with Crippen molar-refractivity contribution in [3.63, 3.8) is 0 Å². The minimum absolute atomic E-state index is 0.348. The smallest absolute Gasteiger partial charge is 0.250 e. The maximum Gasteiger partial charge on any atom is 0.250 e. The third kappa shape index (κ3) is 2.37. The summed E-state index contributed by atoms with van der Waals surface area (Å²) in [6.07, 6.45) is 0. The molecule has 5 nitrogen and oxygen atoms in total. The average molecular weight is 293 g/mol. The monoisotopic (exact) mass is 293 g/mol. The number of nitrogens with two attached hydrogens (primary N) is 1. The number of rotatable bonds is 3. The molecule has 110 valence electrons. The van der Waals surface area contributed by atoms with Crippen LogP contribution in [0.2, 0.25) is 0 Å². The summed E-state index contributed by atoms with van der Waals surface area (Å²) in [4.78, 5) is 20.6. The first-order valence-electron chi connectivity index (χ1n) is 6.81. The van der Waals surface area contributed by atoms with Crippen molar-refractivity contribution >= 4 is 16.8 Å². The van der Waals surface area contributed by atoms with Crippen LogP contribution >= 0.6 is 0 Å². The lowest BCUT2D eigenvalue weighted by Gasteiger charge is -2.12. The molecular formula is C17H15N3O2. The molecule has 0 bridgehead atoms. The molecule has 0 unspecified atom stereocenters.